The van der Waals surface area contributed by atoms with E-state index in [0.29, 0.717) is 0 Å². The molecule has 0 saturated heterocycles. The lowest BCUT2D eigenvalue weighted by atomic mass is 10.2. The normalized spacial score (nSPS) is 11.9. The predicted molar refractivity (Wildman–Crippen MR) is 77.1 cm³/mol. The Kier molecular flexibility index (Phi) is 3.99. The van der Waals surface area contributed by atoms with Crippen molar-refractivity contribution in [1.29, 1.82) is 0 Å². The summed E-state index contributed by atoms with van der Waals surface area (Å²) in [5, 5.41) is 8.26. The number of thiophene rings is 1. The van der Waals surface area contributed by atoms with Crippen molar-refractivity contribution in [3.63, 3.8) is 0 Å². The van der Waals surface area contributed by atoms with Crippen LogP contribution in [0.5, 0.6) is 0 Å². The number of hydrogen-bond donors (Lipinski definition) is 2. The van der Waals surface area contributed by atoms with Gasteiger partial charge in [-0.15, -0.1) is 11.3 Å². The lowest BCUT2D eigenvalue weighted by Gasteiger charge is -2.14. The molecule has 1 atom stereocenters. The topological polar surface area (TPSA) is 41.1 Å². The third-order valence-corrected chi connectivity index (χ3v) is 3.59. The summed E-state index contributed by atoms with van der Waals surface area (Å²) in [5.74, 6) is -0.0570. The molecule has 2 aromatic rings. The zero-order valence-electron chi connectivity index (χ0n) is 10.4. The molecule has 94 valence electrons. The first-order valence-electron chi connectivity index (χ1n) is 5.83. The van der Waals surface area contributed by atoms with E-state index in [4.69, 9.17) is 0 Å². The highest BCUT2D eigenvalue weighted by atomic mass is 32.1. The number of amides is 1. The molecule has 1 heterocycles. The lowest BCUT2D eigenvalue weighted by Crippen LogP contribution is -2.07. The molecule has 1 unspecified atom stereocenters. The maximum absolute atomic E-state index is 11.0. The first-order chi connectivity index (χ1) is 8.65. The van der Waals surface area contributed by atoms with Crippen LogP contribution in [-0.4, -0.2) is 5.91 Å². The summed E-state index contributed by atoms with van der Waals surface area (Å²) in [7, 11) is 0. The van der Waals surface area contributed by atoms with Gasteiger partial charge < -0.3 is 10.6 Å². The average Bonchev–Trinajstić information content (AvgIpc) is 2.81. The van der Waals surface area contributed by atoms with Crippen LogP contribution in [0.2, 0.25) is 0 Å². The molecule has 0 bridgehead atoms. The third-order valence-electron chi connectivity index (χ3n) is 2.54. The van der Waals surface area contributed by atoms with E-state index >= 15 is 0 Å². The summed E-state index contributed by atoms with van der Waals surface area (Å²) in [6.07, 6.45) is 0. The van der Waals surface area contributed by atoms with Gasteiger partial charge in [-0.2, -0.15) is 0 Å². The van der Waals surface area contributed by atoms with Gasteiger partial charge in [0.15, 0.2) is 0 Å². The highest BCUT2D eigenvalue weighted by Gasteiger charge is 2.06. The van der Waals surface area contributed by atoms with Crippen LogP contribution in [0.1, 0.15) is 24.8 Å². The number of carbonyl (C=O) groups is 1. The minimum Gasteiger partial charge on any atom is -0.378 e. The van der Waals surface area contributed by atoms with Crippen molar-refractivity contribution < 1.29 is 4.79 Å². The predicted octanol–water partition coefficient (Wildman–Crippen LogP) is 3.88. The highest BCUT2D eigenvalue weighted by molar-refractivity contribution is 7.10. The summed E-state index contributed by atoms with van der Waals surface area (Å²) < 4.78 is 0. The van der Waals surface area contributed by atoms with Crippen molar-refractivity contribution in [3.05, 3.63) is 46.7 Å². The van der Waals surface area contributed by atoms with E-state index in [1.165, 1.54) is 11.8 Å². The monoisotopic (exact) mass is 260 g/mol. The van der Waals surface area contributed by atoms with E-state index in [1.54, 1.807) is 11.3 Å². The number of hydrogen-bond acceptors (Lipinski definition) is 3. The van der Waals surface area contributed by atoms with Gasteiger partial charge in [-0.1, -0.05) is 12.1 Å². The van der Waals surface area contributed by atoms with Gasteiger partial charge in [0.25, 0.3) is 0 Å². The van der Waals surface area contributed by atoms with E-state index in [1.807, 2.05) is 30.3 Å². The van der Waals surface area contributed by atoms with Gasteiger partial charge in [-0.05, 0) is 36.6 Å². The number of carbonyl (C=O) groups excluding carboxylic acids is 1. The molecule has 0 aliphatic carbocycles. The molecular formula is C14H16N2OS. The van der Waals surface area contributed by atoms with E-state index in [0.717, 1.165) is 11.4 Å². The van der Waals surface area contributed by atoms with Crippen molar-refractivity contribution >= 4 is 28.6 Å². The first kappa shape index (κ1) is 12.6. The van der Waals surface area contributed by atoms with Gasteiger partial charge in [-0.25, -0.2) is 0 Å². The standard InChI is InChI=1S/C14H16N2OS/c1-10(14-7-4-8-18-14)15-12-5-3-6-13(9-12)16-11(2)17/h3-10,15H,1-2H3,(H,16,17). The molecule has 2 rings (SSSR count). The minimum atomic E-state index is -0.0570. The Morgan fingerprint density at radius 1 is 1.22 bits per heavy atom. The summed E-state index contributed by atoms with van der Waals surface area (Å²) in [6.45, 7) is 3.63. The Hall–Kier alpha value is -1.81. The molecular weight excluding hydrogens is 244 g/mol. The Balaban J connectivity index is 2.07. The molecule has 0 aliphatic heterocycles. The molecule has 0 spiro atoms. The van der Waals surface area contributed by atoms with E-state index in [9.17, 15) is 4.79 Å². The minimum absolute atomic E-state index is 0.0570. The molecule has 0 fully saturated rings. The van der Waals surface area contributed by atoms with Crippen LogP contribution in [0, 0.1) is 0 Å². The Morgan fingerprint density at radius 2 is 2.00 bits per heavy atom. The zero-order chi connectivity index (χ0) is 13.0. The summed E-state index contributed by atoms with van der Waals surface area (Å²) in [5.41, 5.74) is 1.81. The van der Waals surface area contributed by atoms with Crippen LogP contribution in [0.4, 0.5) is 11.4 Å². The largest absolute Gasteiger partial charge is 0.378 e. The Labute approximate surface area is 111 Å². The molecule has 3 nitrogen and oxygen atoms in total. The fourth-order valence-electron chi connectivity index (χ4n) is 1.75. The maximum atomic E-state index is 11.0. The second kappa shape index (κ2) is 5.69. The number of benzene rings is 1. The van der Waals surface area contributed by atoms with Gasteiger partial charge in [-0.3, -0.25) is 4.79 Å². The third kappa shape index (κ3) is 3.34. The zero-order valence-corrected chi connectivity index (χ0v) is 11.3. The molecule has 1 aromatic heterocycles. The van der Waals surface area contributed by atoms with Gasteiger partial charge in [0, 0.05) is 23.2 Å². The van der Waals surface area contributed by atoms with Crippen LogP contribution < -0.4 is 10.6 Å². The van der Waals surface area contributed by atoms with Crippen molar-refractivity contribution in [2.24, 2.45) is 0 Å². The maximum Gasteiger partial charge on any atom is 0.221 e. The molecule has 1 amide bonds. The van der Waals surface area contributed by atoms with Gasteiger partial charge >= 0.3 is 0 Å². The average molecular weight is 260 g/mol. The van der Waals surface area contributed by atoms with Crippen molar-refractivity contribution in [1.82, 2.24) is 0 Å². The van der Waals surface area contributed by atoms with E-state index in [-0.39, 0.29) is 11.9 Å². The van der Waals surface area contributed by atoms with Crippen molar-refractivity contribution in [2.45, 2.75) is 19.9 Å². The van der Waals surface area contributed by atoms with Crippen LogP contribution in [0.25, 0.3) is 0 Å². The van der Waals surface area contributed by atoms with Crippen LogP contribution in [0.3, 0.4) is 0 Å². The summed E-state index contributed by atoms with van der Waals surface area (Å²) in [4.78, 5) is 12.3. The van der Waals surface area contributed by atoms with Gasteiger partial charge in [0.2, 0.25) is 5.91 Å². The molecule has 0 radical (unpaired) electrons. The molecule has 1 aromatic carbocycles. The van der Waals surface area contributed by atoms with Gasteiger partial charge in [0.05, 0.1) is 6.04 Å². The van der Waals surface area contributed by atoms with Crippen LogP contribution in [0.15, 0.2) is 41.8 Å². The smallest absolute Gasteiger partial charge is 0.221 e. The molecule has 4 heteroatoms. The molecule has 2 N–H and O–H groups in total. The fourth-order valence-corrected chi connectivity index (χ4v) is 2.48. The molecule has 0 aliphatic rings. The lowest BCUT2D eigenvalue weighted by molar-refractivity contribution is -0.114. The molecule has 0 saturated carbocycles. The quantitative estimate of drug-likeness (QED) is 0.876. The SMILES string of the molecule is CC(=O)Nc1cccc(NC(C)c2cccs2)c1. The Bertz CT molecular complexity index is 522. The second-order valence-corrected chi connectivity index (χ2v) is 5.12. The molecule has 18 heavy (non-hydrogen) atoms. The number of anilines is 2. The fraction of sp³-hybridized carbons (Fsp3) is 0.214. The number of nitrogens with one attached hydrogen (secondary N) is 2. The van der Waals surface area contributed by atoms with Crippen LogP contribution >= 0.6 is 11.3 Å². The summed E-state index contributed by atoms with van der Waals surface area (Å²) in [6, 6.07) is 12.2. The van der Waals surface area contributed by atoms with Crippen molar-refractivity contribution in [3.8, 4) is 0 Å². The van der Waals surface area contributed by atoms with Crippen LogP contribution in [-0.2, 0) is 4.79 Å². The number of rotatable bonds is 4. The second-order valence-electron chi connectivity index (χ2n) is 4.14. The Morgan fingerprint density at radius 3 is 2.67 bits per heavy atom. The highest BCUT2D eigenvalue weighted by Crippen LogP contribution is 2.24. The summed E-state index contributed by atoms with van der Waals surface area (Å²) >= 11 is 1.73. The van der Waals surface area contributed by atoms with Gasteiger partial charge in [0.1, 0.15) is 0 Å². The first-order valence-corrected chi connectivity index (χ1v) is 6.71. The van der Waals surface area contributed by atoms with E-state index < -0.39 is 0 Å². The van der Waals surface area contributed by atoms with E-state index in [2.05, 4.69) is 29.0 Å². The van der Waals surface area contributed by atoms with Crippen molar-refractivity contribution in [2.75, 3.05) is 10.6 Å².